The zero-order valence-corrected chi connectivity index (χ0v) is 14.7. The minimum atomic E-state index is 1.05. The predicted molar refractivity (Wildman–Crippen MR) is 108 cm³/mol. The third-order valence-corrected chi connectivity index (χ3v) is 4.82. The van der Waals surface area contributed by atoms with Gasteiger partial charge in [-0.2, -0.15) is 0 Å². The second-order valence-corrected chi connectivity index (χ2v) is 6.48. The van der Waals surface area contributed by atoms with E-state index in [4.69, 9.17) is 0 Å². The van der Waals surface area contributed by atoms with Crippen molar-refractivity contribution in [3.05, 3.63) is 84.9 Å². The van der Waals surface area contributed by atoms with Gasteiger partial charge in [0.05, 0.1) is 5.69 Å². The Labute approximate surface area is 149 Å². The molecule has 0 N–H and O–H groups in total. The third-order valence-electron chi connectivity index (χ3n) is 4.82. The molecule has 0 saturated heterocycles. The maximum atomic E-state index is 2.51. The van der Waals surface area contributed by atoms with Crippen LogP contribution in [0.25, 0.3) is 33.3 Å². The first-order valence-electron chi connectivity index (χ1n) is 9.12. The van der Waals surface area contributed by atoms with Crippen LogP contribution < -0.4 is 0 Å². The Hall–Kier alpha value is -2.80. The van der Waals surface area contributed by atoms with Crippen molar-refractivity contribution in [1.29, 1.82) is 0 Å². The number of hydrogen-bond acceptors (Lipinski definition) is 0. The van der Waals surface area contributed by atoms with Crippen molar-refractivity contribution >= 4 is 10.9 Å². The van der Waals surface area contributed by atoms with Crippen LogP contribution in [0.15, 0.2) is 84.9 Å². The molecule has 1 heteroatoms. The highest BCUT2D eigenvalue weighted by Crippen LogP contribution is 2.40. The fourth-order valence-corrected chi connectivity index (χ4v) is 3.65. The van der Waals surface area contributed by atoms with E-state index in [1.54, 1.807) is 0 Å². The van der Waals surface area contributed by atoms with Crippen molar-refractivity contribution in [1.82, 2.24) is 4.57 Å². The van der Waals surface area contributed by atoms with Gasteiger partial charge in [0.2, 0.25) is 0 Å². The first kappa shape index (κ1) is 15.7. The molecule has 0 aliphatic heterocycles. The lowest BCUT2D eigenvalue weighted by molar-refractivity contribution is 0.655. The molecule has 4 aromatic rings. The summed E-state index contributed by atoms with van der Waals surface area (Å²) in [7, 11) is 0. The molecule has 4 rings (SSSR count). The minimum Gasteiger partial charge on any atom is -0.340 e. The van der Waals surface area contributed by atoms with Crippen LogP contribution in [0.2, 0.25) is 0 Å². The molecule has 0 aliphatic rings. The number of unbranched alkanes of at least 4 members (excludes halogenated alkanes) is 1. The van der Waals surface area contributed by atoms with E-state index in [1.807, 2.05) is 0 Å². The second-order valence-electron chi connectivity index (χ2n) is 6.48. The van der Waals surface area contributed by atoms with Gasteiger partial charge in [0, 0.05) is 23.0 Å². The van der Waals surface area contributed by atoms with Crippen molar-refractivity contribution in [2.24, 2.45) is 0 Å². The van der Waals surface area contributed by atoms with Crippen molar-refractivity contribution in [2.75, 3.05) is 0 Å². The Morgan fingerprint density at radius 2 is 1.28 bits per heavy atom. The van der Waals surface area contributed by atoms with Gasteiger partial charge in [0.1, 0.15) is 0 Å². The molecule has 0 aliphatic carbocycles. The van der Waals surface area contributed by atoms with E-state index in [0.717, 1.165) is 6.54 Å². The molecule has 1 heterocycles. The number of aryl methyl sites for hydroxylation is 1. The molecule has 3 aromatic carbocycles. The lowest BCUT2D eigenvalue weighted by atomic mass is 9.98. The summed E-state index contributed by atoms with van der Waals surface area (Å²) < 4.78 is 2.51. The normalized spacial score (nSPS) is 11.1. The molecule has 0 bridgehead atoms. The standard InChI is InChI=1S/C24H23N/c1-2-3-18-25-22-17-11-10-16-21(22)23(19-12-6-4-7-13-19)24(25)20-14-8-5-9-15-20/h4-17H,2-3,18H2,1H3. The summed E-state index contributed by atoms with van der Waals surface area (Å²) in [5.41, 5.74) is 6.58. The van der Waals surface area contributed by atoms with Gasteiger partial charge in [-0.25, -0.2) is 0 Å². The zero-order valence-electron chi connectivity index (χ0n) is 14.7. The summed E-state index contributed by atoms with van der Waals surface area (Å²) >= 11 is 0. The van der Waals surface area contributed by atoms with Crippen LogP contribution >= 0.6 is 0 Å². The Morgan fingerprint density at radius 3 is 1.96 bits per heavy atom. The number of rotatable bonds is 5. The van der Waals surface area contributed by atoms with Crippen LogP contribution in [0.4, 0.5) is 0 Å². The molecule has 0 fully saturated rings. The third kappa shape index (κ3) is 2.87. The summed E-state index contributed by atoms with van der Waals surface area (Å²) in [4.78, 5) is 0. The Bertz CT molecular complexity index is 965. The van der Waals surface area contributed by atoms with E-state index in [9.17, 15) is 0 Å². The Balaban J connectivity index is 2.08. The van der Waals surface area contributed by atoms with E-state index >= 15 is 0 Å². The lowest BCUT2D eigenvalue weighted by Gasteiger charge is -2.12. The minimum absolute atomic E-state index is 1.05. The van der Waals surface area contributed by atoms with E-state index in [-0.39, 0.29) is 0 Å². The highest BCUT2D eigenvalue weighted by Gasteiger charge is 2.19. The highest BCUT2D eigenvalue weighted by molar-refractivity contribution is 6.04. The van der Waals surface area contributed by atoms with Gasteiger partial charge in [-0.05, 0) is 23.6 Å². The fourth-order valence-electron chi connectivity index (χ4n) is 3.65. The van der Waals surface area contributed by atoms with Crippen LogP contribution in [0.3, 0.4) is 0 Å². The lowest BCUT2D eigenvalue weighted by Crippen LogP contribution is -2.00. The van der Waals surface area contributed by atoms with Crippen LogP contribution in [-0.2, 0) is 6.54 Å². The monoisotopic (exact) mass is 325 g/mol. The van der Waals surface area contributed by atoms with E-state index in [0.29, 0.717) is 0 Å². The van der Waals surface area contributed by atoms with Crippen LogP contribution in [0, 0.1) is 0 Å². The largest absolute Gasteiger partial charge is 0.340 e. The SMILES string of the molecule is CCCCn1c(-c2ccccc2)c(-c2ccccc2)c2ccccc21. The molecule has 0 unspecified atom stereocenters. The fraction of sp³-hybridized carbons (Fsp3) is 0.167. The van der Waals surface area contributed by atoms with E-state index < -0.39 is 0 Å². The van der Waals surface area contributed by atoms with Crippen LogP contribution in [-0.4, -0.2) is 4.57 Å². The molecular weight excluding hydrogens is 302 g/mol. The van der Waals surface area contributed by atoms with Gasteiger partial charge in [-0.3, -0.25) is 0 Å². The molecule has 0 atom stereocenters. The Kier molecular flexibility index (Phi) is 4.39. The molecule has 0 radical (unpaired) electrons. The van der Waals surface area contributed by atoms with E-state index in [2.05, 4.69) is 96.4 Å². The summed E-state index contributed by atoms with van der Waals surface area (Å²) in [5, 5.41) is 1.34. The van der Waals surface area contributed by atoms with Crippen molar-refractivity contribution in [2.45, 2.75) is 26.3 Å². The predicted octanol–water partition coefficient (Wildman–Crippen LogP) is 6.78. The van der Waals surface area contributed by atoms with Crippen molar-refractivity contribution < 1.29 is 0 Å². The maximum absolute atomic E-state index is 2.51. The number of aromatic nitrogens is 1. The number of fused-ring (bicyclic) bond motifs is 1. The average molecular weight is 325 g/mol. The molecule has 0 saturated carbocycles. The van der Waals surface area contributed by atoms with Crippen LogP contribution in [0.1, 0.15) is 19.8 Å². The Morgan fingerprint density at radius 1 is 0.680 bits per heavy atom. The molecule has 1 aromatic heterocycles. The molecular formula is C24H23N. The molecule has 0 amide bonds. The van der Waals surface area contributed by atoms with Gasteiger partial charge < -0.3 is 4.57 Å². The summed E-state index contributed by atoms with van der Waals surface area (Å²) in [6, 6.07) is 30.4. The molecule has 124 valence electrons. The molecule has 1 nitrogen and oxygen atoms in total. The summed E-state index contributed by atoms with van der Waals surface area (Å²) in [5.74, 6) is 0. The topological polar surface area (TPSA) is 4.93 Å². The van der Waals surface area contributed by atoms with Gasteiger partial charge in [0.15, 0.2) is 0 Å². The smallest absolute Gasteiger partial charge is 0.0571 e. The average Bonchev–Trinajstić information content (AvgIpc) is 3.02. The second kappa shape index (κ2) is 6.98. The van der Waals surface area contributed by atoms with E-state index in [1.165, 1.54) is 46.1 Å². The van der Waals surface area contributed by atoms with Gasteiger partial charge in [0.25, 0.3) is 0 Å². The number of nitrogens with zero attached hydrogens (tertiary/aromatic N) is 1. The van der Waals surface area contributed by atoms with Crippen molar-refractivity contribution in [3.8, 4) is 22.4 Å². The van der Waals surface area contributed by atoms with Gasteiger partial charge in [-0.1, -0.05) is 92.2 Å². The zero-order chi connectivity index (χ0) is 17.1. The summed E-state index contributed by atoms with van der Waals surface area (Å²) in [6.45, 7) is 3.31. The highest BCUT2D eigenvalue weighted by atomic mass is 15.0. The van der Waals surface area contributed by atoms with Crippen molar-refractivity contribution in [3.63, 3.8) is 0 Å². The van der Waals surface area contributed by atoms with Crippen LogP contribution in [0.5, 0.6) is 0 Å². The first-order valence-corrected chi connectivity index (χ1v) is 9.12. The quantitative estimate of drug-likeness (QED) is 0.381. The number of para-hydroxylation sites is 1. The number of benzene rings is 3. The van der Waals surface area contributed by atoms with Gasteiger partial charge >= 0.3 is 0 Å². The first-order chi connectivity index (χ1) is 12.4. The maximum Gasteiger partial charge on any atom is 0.0571 e. The van der Waals surface area contributed by atoms with Gasteiger partial charge in [-0.15, -0.1) is 0 Å². The molecule has 0 spiro atoms. The summed E-state index contributed by atoms with van der Waals surface area (Å²) in [6.07, 6.45) is 2.38. The molecule has 25 heavy (non-hydrogen) atoms. The number of hydrogen-bond donors (Lipinski definition) is 0.